The number of halogens is 1. The number of H-pyrrole nitrogens is 1. The molecule has 1 amide bonds. The number of azo groups is 1. The molecule has 138 valence electrons. The maximum Gasteiger partial charge on any atom is 0.276 e. The fraction of sp³-hybridized carbons (Fsp3) is 0. The molecule has 0 atom stereocenters. The lowest BCUT2D eigenvalue weighted by atomic mass is 10.1. The first kappa shape index (κ1) is 17.7. The highest BCUT2D eigenvalue weighted by Gasteiger charge is 2.15. The van der Waals surface area contributed by atoms with Crippen LogP contribution in [0.4, 0.5) is 17.2 Å². The van der Waals surface area contributed by atoms with E-state index >= 15 is 0 Å². The van der Waals surface area contributed by atoms with Crippen molar-refractivity contribution >= 4 is 45.5 Å². The number of rotatable bonds is 4. The molecule has 0 saturated heterocycles. The van der Waals surface area contributed by atoms with Crippen molar-refractivity contribution in [2.75, 3.05) is 5.32 Å². The zero-order valence-electron chi connectivity index (χ0n) is 14.4. The number of phenolic OH excluding ortho intramolecular Hbond substituents is 1. The van der Waals surface area contributed by atoms with Gasteiger partial charge < -0.3 is 15.4 Å². The molecule has 1 heterocycles. The Kier molecular flexibility index (Phi) is 4.74. The van der Waals surface area contributed by atoms with Gasteiger partial charge >= 0.3 is 0 Å². The van der Waals surface area contributed by atoms with Crippen molar-refractivity contribution in [3.8, 4) is 5.75 Å². The number of hydrogen-bond donors (Lipinski definition) is 3. The van der Waals surface area contributed by atoms with E-state index in [0.29, 0.717) is 16.4 Å². The third kappa shape index (κ3) is 3.56. The van der Waals surface area contributed by atoms with E-state index in [0.717, 1.165) is 10.8 Å². The van der Waals surface area contributed by atoms with E-state index in [2.05, 4.69) is 25.5 Å². The van der Waals surface area contributed by atoms with Gasteiger partial charge in [-0.25, -0.2) is 4.98 Å². The van der Waals surface area contributed by atoms with Crippen molar-refractivity contribution < 1.29 is 9.90 Å². The van der Waals surface area contributed by atoms with E-state index in [1.165, 1.54) is 6.33 Å². The third-order valence-electron chi connectivity index (χ3n) is 4.07. The van der Waals surface area contributed by atoms with Crippen LogP contribution in [-0.4, -0.2) is 21.0 Å². The van der Waals surface area contributed by atoms with Crippen LogP contribution >= 0.6 is 11.6 Å². The van der Waals surface area contributed by atoms with Crippen LogP contribution in [0.25, 0.3) is 10.8 Å². The summed E-state index contributed by atoms with van der Waals surface area (Å²) in [6, 6.07) is 17.6. The summed E-state index contributed by atoms with van der Waals surface area (Å²) in [7, 11) is 0. The number of carbonyl (C=O) groups excluding carboxylic acids is 1. The van der Waals surface area contributed by atoms with Crippen LogP contribution in [0.15, 0.2) is 77.2 Å². The number of hydrogen-bond acceptors (Lipinski definition) is 5. The van der Waals surface area contributed by atoms with Crippen molar-refractivity contribution in [1.29, 1.82) is 0 Å². The number of carbonyl (C=O) groups is 1. The summed E-state index contributed by atoms with van der Waals surface area (Å²) in [6.45, 7) is 0. The van der Waals surface area contributed by atoms with Gasteiger partial charge in [0.1, 0.15) is 11.4 Å². The Labute approximate surface area is 164 Å². The van der Waals surface area contributed by atoms with Crippen LogP contribution in [0.5, 0.6) is 5.75 Å². The van der Waals surface area contributed by atoms with Crippen LogP contribution in [0, 0.1) is 0 Å². The normalized spacial score (nSPS) is 11.2. The minimum absolute atomic E-state index is 0.00912. The number of fused-ring (bicyclic) bond motifs is 1. The van der Waals surface area contributed by atoms with Crippen molar-refractivity contribution in [2.24, 2.45) is 10.2 Å². The molecule has 4 rings (SSSR count). The lowest BCUT2D eigenvalue weighted by Gasteiger charge is -2.04. The number of anilines is 1. The number of nitrogens with one attached hydrogen (secondary N) is 2. The molecule has 28 heavy (non-hydrogen) atoms. The van der Waals surface area contributed by atoms with Crippen LogP contribution in [0.1, 0.15) is 10.5 Å². The van der Waals surface area contributed by atoms with E-state index in [4.69, 9.17) is 11.6 Å². The lowest BCUT2D eigenvalue weighted by Crippen LogP contribution is -2.12. The standard InChI is InChI=1S/C20H14ClN5O2/c21-13-6-8-14(9-7-13)24-20(28)18-19(23-11-22-18)26-25-17-15-4-2-1-3-12(15)5-10-16(17)27/h1-11,27H,(H,22,23)(H,24,28). The predicted molar refractivity (Wildman–Crippen MR) is 108 cm³/mol. The summed E-state index contributed by atoms with van der Waals surface area (Å²) < 4.78 is 0. The monoisotopic (exact) mass is 391 g/mol. The molecule has 0 aliphatic carbocycles. The molecule has 0 aliphatic heterocycles. The van der Waals surface area contributed by atoms with Gasteiger partial charge in [0, 0.05) is 16.1 Å². The molecule has 3 N–H and O–H groups in total. The number of nitrogens with zero attached hydrogens (tertiary/aromatic N) is 3. The number of phenols is 1. The van der Waals surface area contributed by atoms with Gasteiger partial charge in [0.05, 0.1) is 6.33 Å². The zero-order chi connectivity index (χ0) is 19.5. The minimum atomic E-state index is -0.420. The number of aromatic amines is 1. The molecule has 0 saturated carbocycles. The second kappa shape index (κ2) is 7.50. The average molecular weight is 392 g/mol. The van der Waals surface area contributed by atoms with Crippen LogP contribution in [0.2, 0.25) is 5.02 Å². The average Bonchev–Trinajstić information content (AvgIpc) is 3.18. The maximum absolute atomic E-state index is 12.5. The molecule has 0 spiro atoms. The Hall–Kier alpha value is -3.71. The summed E-state index contributed by atoms with van der Waals surface area (Å²) in [4.78, 5) is 19.3. The predicted octanol–water partition coefficient (Wildman–Crippen LogP) is 5.59. The molecular formula is C20H14ClN5O2. The summed E-state index contributed by atoms with van der Waals surface area (Å²) in [5.41, 5.74) is 1.04. The first-order chi connectivity index (χ1) is 13.6. The van der Waals surface area contributed by atoms with E-state index in [-0.39, 0.29) is 17.3 Å². The van der Waals surface area contributed by atoms with Crippen LogP contribution in [0.3, 0.4) is 0 Å². The second-order valence-electron chi connectivity index (χ2n) is 5.92. The van der Waals surface area contributed by atoms with Gasteiger partial charge in [-0.1, -0.05) is 41.9 Å². The fourth-order valence-corrected chi connectivity index (χ4v) is 2.83. The van der Waals surface area contributed by atoms with Crippen molar-refractivity contribution in [3.05, 3.63) is 77.7 Å². The van der Waals surface area contributed by atoms with Gasteiger partial charge in [-0.15, -0.1) is 10.2 Å². The Balaban J connectivity index is 1.62. The molecule has 0 radical (unpaired) electrons. The highest BCUT2D eigenvalue weighted by molar-refractivity contribution is 6.30. The molecule has 3 aromatic carbocycles. The summed E-state index contributed by atoms with van der Waals surface area (Å²) >= 11 is 5.85. The molecule has 7 nitrogen and oxygen atoms in total. The molecule has 0 aliphatic rings. The Morgan fingerprint density at radius 1 is 1.04 bits per heavy atom. The summed E-state index contributed by atoms with van der Waals surface area (Å²) in [5, 5.41) is 23.3. The van der Waals surface area contributed by atoms with Crippen LogP contribution in [-0.2, 0) is 0 Å². The van der Waals surface area contributed by atoms with Gasteiger partial charge in [-0.2, -0.15) is 0 Å². The molecule has 0 unspecified atom stereocenters. The maximum atomic E-state index is 12.5. The summed E-state index contributed by atoms with van der Waals surface area (Å²) in [5.74, 6) is -0.320. The quantitative estimate of drug-likeness (QED) is 0.395. The van der Waals surface area contributed by atoms with Gasteiger partial charge in [-0.3, -0.25) is 4.79 Å². The van der Waals surface area contributed by atoms with E-state index < -0.39 is 5.91 Å². The molecule has 4 aromatic rings. The fourth-order valence-electron chi connectivity index (χ4n) is 2.70. The van der Waals surface area contributed by atoms with Gasteiger partial charge in [0.2, 0.25) is 5.82 Å². The van der Waals surface area contributed by atoms with Crippen molar-refractivity contribution in [3.63, 3.8) is 0 Å². The number of benzene rings is 3. The van der Waals surface area contributed by atoms with E-state index in [1.54, 1.807) is 36.4 Å². The van der Waals surface area contributed by atoms with Gasteiger partial charge in [0.25, 0.3) is 5.91 Å². The number of aromatic nitrogens is 2. The molecule has 8 heteroatoms. The second-order valence-corrected chi connectivity index (χ2v) is 6.35. The zero-order valence-corrected chi connectivity index (χ0v) is 15.2. The van der Waals surface area contributed by atoms with E-state index in [1.807, 2.05) is 24.3 Å². The molecule has 1 aromatic heterocycles. The largest absolute Gasteiger partial charge is 0.506 e. The Morgan fingerprint density at radius 3 is 2.64 bits per heavy atom. The highest BCUT2D eigenvalue weighted by atomic mass is 35.5. The van der Waals surface area contributed by atoms with E-state index in [9.17, 15) is 9.90 Å². The number of imidazole rings is 1. The first-order valence-electron chi connectivity index (χ1n) is 8.34. The molecule has 0 fully saturated rings. The third-order valence-corrected chi connectivity index (χ3v) is 4.32. The van der Waals surface area contributed by atoms with Gasteiger partial charge in [0.15, 0.2) is 5.69 Å². The SMILES string of the molecule is O=C(Nc1ccc(Cl)cc1)c1[nH]cnc1N=Nc1c(O)ccc2ccccc12. The summed E-state index contributed by atoms with van der Waals surface area (Å²) in [6.07, 6.45) is 1.36. The topological polar surface area (TPSA) is 103 Å². The Bertz CT molecular complexity index is 1180. The smallest absolute Gasteiger partial charge is 0.276 e. The van der Waals surface area contributed by atoms with Gasteiger partial charge in [-0.05, 0) is 35.7 Å². The molecule has 0 bridgehead atoms. The highest BCUT2D eigenvalue weighted by Crippen LogP contribution is 2.36. The van der Waals surface area contributed by atoms with Crippen molar-refractivity contribution in [1.82, 2.24) is 9.97 Å². The first-order valence-corrected chi connectivity index (χ1v) is 8.72. The molecular weight excluding hydrogens is 378 g/mol. The Morgan fingerprint density at radius 2 is 1.82 bits per heavy atom. The van der Waals surface area contributed by atoms with Crippen molar-refractivity contribution in [2.45, 2.75) is 0 Å². The number of amides is 1. The van der Waals surface area contributed by atoms with Crippen LogP contribution < -0.4 is 5.32 Å². The number of aromatic hydroxyl groups is 1. The minimum Gasteiger partial charge on any atom is -0.506 e. The lowest BCUT2D eigenvalue weighted by molar-refractivity contribution is 0.102.